The molecule has 1 aromatic carbocycles. The number of sulfonamides is 1. The smallest absolute Gasteiger partial charge is 0.213 e. The summed E-state index contributed by atoms with van der Waals surface area (Å²) in [6.07, 6.45) is 3.46. The number of hydrogen-bond donors (Lipinski definition) is 3. The van der Waals surface area contributed by atoms with Crippen molar-refractivity contribution < 1.29 is 13.5 Å². The van der Waals surface area contributed by atoms with Crippen LogP contribution in [0.3, 0.4) is 0 Å². The number of phenols is 1. The van der Waals surface area contributed by atoms with Crippen LogP contribution in [-0.4, -0.2) is 62.3 Å². The van der Waals surface area contributed by atoms with E-state index in [2.05, 4.69) is 15.6 Å². The first-order chi connectivity index (χ1) is 12.4. The first-order valence-corrected chi connectivity index (χ1v) is 10.8. The van der Waals surface area contributed by atoms with Crippen LogP contribution in [-0.2, 0) is 16.4 Å². The molecule has 0 saturated carbocycles. The average molecular weight is 510 g/mol. The van der Waals surface area contributed by atoms with E-state index in [1.807, 2.05) is 12.1 Å². The Morgan fingerprint density at radius 2 is 1.89 bits per heavy atom. The van der Waals surface area contributed by atoms with Crippen LogP contribution in [0.2, 0.25) is 0 Å². The number of phenolic OH excluding ortho intramolecular Hbond substituents is 1. The minimum atomic E-state index is -3.08. The predicted octanol–water partition coefficient (Wildman–Crippen LogP) is 1.92. The third-order valence-corrected chi connectivity index (χ3v) is 6.53. The fraction of sp³-hybridized carbons (Fsp3) is 0.611. The fourth-order valence-electron chi connectivity index (χ4n) is 3.01. The second-order valence-electron chi connectivity index (χ2n) is 6.49. The maximum Gasteiger partial charge on any atom is 0.213 e. The summed E-state index contributed by atoms with van der Waals surface area (Å²) in [7, 11) is -1.34. The molecule has 0 amide bonds. The molecule has 0 radical (unpaired) electrons. The van der Waals surface area contributed by atoms with Crippen LogP contribution < -0.4 is 10.6 Å². The highest BCUT2D eigenvalue weighted by atomic mass is 127. The second-order valence-corrected chi connectivity index (χ2v) is 8.74. The molecule has 1 heterocycles. The van der Waals surface area contributed by atoms with E-state index in [9.17, 15) is 13.5 Å². The molecule has 0 atom stereocenters. The minimum absolute atomic E-state index is 0. The van der Waals surface area contributed by atoms with Gasteiger partial charge < -0.3 is 15.7 Å². The van der Waals surface area contributed by atoms with E-state index in [0.29, 0.717) is 13.1 Å². The van der Waals surface area contributed by atoms with Crippen molar-refractivity contribution >= 4 is 40.0 Å². The van der Waals surface area contributed by atoms with E-state index in [1.165, 1.54) is 5.56 Å². The molecule has 27 heavy (non-hydrogen) atoms. The van der Waals surface area contributed by atoms with E-state index < -0.39 is 10.0 Å². The molecule has 0 aromatic heterocycles. The zero-order chi connectivity index (χ0) is 19.0. The van der Waals surface area contributed by atoms with Gasteiger partial charge in [-0.05, 0) is 50.3 Å². The molecule has 0 bridgehead atoms. The van der Waals surface area contributed by atoms with Gasteiger partial charge in [-0.2, -0.15) is 0 Å². The summed E-state index contributed by atoms with van der Waals surface area (Å²) in [5.41, 5.74) is 1.19. The molecule has 1 aliphatic rings. The summed E-state index contributed by atoms with van der Waals surface area (Å²) in [4.78, 5) is 4.25. The van der Waals surface area contributed by atoms with Crippen LogP contribution in [0.4, 0.5) is 0 Å². The molecule has 0 unspecified atom stereocenters. The van der Waals surface area contributed by atoms with Crippen LogP contribution in [0, 0.1) is 0 Å². The number of benzene rings is 1. The van der Waals surface area contributed by atoms with Gasteiger partial charge in [0.05, 0.1) is 5.75 Å². The largest absolute Gasteiger partial charge is 0.508 e. The van der Waals surface area contributed by atoms with Crippen molar-refractivity contribution in [3.8, 4) is 5.75 Å². The van der Waals surface area contributed by atoms with Crippen LogP contribution in [0.25, 0.3) is 0 Å². The number of hydrogen-bond acceptors (Lipinski definition) is 4. The average Bonchev–Trinajstić information content (AvgIpc) is 2.66. The Morgan fingerprint density at radius 1 is 1.26 bits per heavy atom. The monoisotopic (exact) mass is 510 g/mol. The lowest BCUT2D eigenvalue weighted by Crippen LogP contribution is -2.50. The summed E-state index contributed by atoms with van der Waals surface area (Å²) >= 11 is 0. The first kappa shape index (κ1) is 24.0. The zero-order valence-electron chi connectivity index (χ0n) is 16.0. The second kappa shape index (κ2) is 11.7. The minimum Gasteiger partial charge on any atom is -0.508 e. The van der Waals surface area contributed by atoms with Gasteiger partial charge in [0.15, 0.2) is 5.96 Å². The van der Waals surface area contributed by atoms with E-state index >= 15 is 0 Å². The van der Waals surface area contributed by atoms with Crippen LogP contribution >= 0.6 is 24.0 Å². The lowest BCUT2D eigenvalue weighted by atomic mass is 10.1. The maximum atomic E-state index is 11.9. The van der Waals surface area contributed by atoms with Crippen molar-refractivity contribution in [2.75, 3.05) is 32.4 Å². The molecule has 1 aromatic rings. The Balaban J connectivity index is 0.00000364. The predicted molar refractivity (Wildman–Crippen MR) is 120 cm³/mol. The molecular formula is C18H31IN4O3S. The Kier molecular flexibility index (Phi) is 10.4. The van der Waals surface area contributed by atoms with E-state index in [4.69, 9.17) is 0 Å². The number of rotatable bonds is 7. The van der Waals surface area contributed by atoms with Crippen molar-refractivity contribution in [1.29, 1.82) is 0 Å². The van der Waals surface area contributed by atoms with Crippen molar-refractivity contribution in [2.24, 2.45) is 4.99 Å². The quantitative estimate of drug-likeness (QED) is 0.226. The van der Waals surface area contributed by atoms with Gasteiger partial charge in [-0.3, -0.25) is 4.99 Å². The Labute approximate surface area is 179 Å². The van der Waals surface area contributed by atoms with Gasteiger partial charge in [-0.15, -0.1) is 24.0 Å². The Bertz CT molecular complexity index is 687. The highest BCUT2D eigenvalue weighted by Crippen LogP contribution is 2.14. The molecule has 154 valence electrons. The van der Waals surface area contributed by atoms with Crippen LogP contribution in [0.15, 0.2) is 29.3 Å². The summed E-state index contributed by atoms with van der Waals surface area (Å²) in [6.45, 7) is 3.60. The molecule has 9 heteroatoms. The normalized spacial score (nSPS) is 16.6. The number of aliphatic imine (C=N–C) groups is 1. The first-order valence-electron chi connectivity index (χ1n) is 9.17. The zero-order valence-corrected chi connectivity index (χ0v) is 19.2. The van der Waals surface area contributed by atoms with Gasteiger partial charge in [0.25, 0.3) is 0 Å². The highest BCUT2D eigenvalue weighted by molar-refractivity contribution is 14.0. The molecule has 1 saturated heterocycles. The van der Waals surface area contributed by atoms with Gasteiger partial charge in [0.1, 0.15) is 5.75 Å². The fourth-order valence-corrected chi connectivity index (χ4v) is 4.14. The molecule has 3 N–H and O–H groups in total. The standard InChI is InChI=1S/C18H30N4O3S.HI/c1-3-26(24,25)22-13-10-16(11-14-22)21-18(19-2)20-12-4-5-15-6-8-17(23)9-7-15;/h6-9,16,23H,3-5,10-14H2,1-2H3,(H2,19,20,21);1H. The van der Waals surface area contributed by atoms with Gasteiger partial charge in [0.2, 0.25) is 10.0 Å². The molecule has 1 aliphatic heterocycles. The Morgan fingerprint density at radius 3 is 2.44 bits per heavy atom. The van der Waals surface area contributed by atoms with Crippen molar-refractivity contribution in [1.82, 2.24) is 14.9 Å². The number of aromatic hydroxyl groups is 1. The van der Waals surface area contributed by atoms with Crippen molar-refractivity contribution in [3.05, 3.63) is 29.8 Å². The lowest BCUT2D eigenvalue weighted by molar-refractivity contribution is 0.306. The molecule has 0 aliphatic carbocycles. The van der Waals surface area contributed by atoms with Crippen LogP contribution in [0.5, 0.6) is 5.75 Å². The van der Waals surface area contributed by atoms with Crippen LogP contribution in [0.1, 0.15) is 31.7 Å². The molecular weight excluding hydrogens is 479 g/mol. The molecule has 1 fully saturated rings. The van der Waals surface area contributed by atoms with Gasteiger partial charge in [0, 0.05) is 32.7 Å². The van der Waals surface area contributed by atoms with Gasteiger partial charge in [-0.1, -0.05) is 12.1 Å². The van der Waals surface area contributed by atoms with Gasteiger partial charge >= 0.3 is 0 Å². The van der Waals surface area contributed by atoms with Gasteiger partial charge in [-0.25, -0.2) is 12.7 Å². The number of aryl methyl sites for hydroxylation is 1. The molecule has 2 rings (SSSR count). The number of halogens is 1. The third kappa shape index (κ3) is 7.82. The lowest BCUT2D eigenvalue weighted by Gasteiger charge is -2.32. The number of guanidine groups is 1. The van der Waals surface area contributed by atoms with E-state index in [-0.39, 0.29) is 41.5 Å². The topological polar surface area (TPSA) is 94.0 Å². The number of nitrogens with zero attached hydrogens (tertiary/aromatic N) is 2. The van der Waals surface area contributed by atoms with E-state index in [0.717, 1.165) is 38.2 Å². The Hall–Kier alpha value is -1.07. The summed E-state index contributed by atoms with van der Waals surface area (Å²) < 4.78 is 25.4. The summed E-state index contributed by atoms with van der Waals surface area (Å²) in [5, 5.41) is 16.0. The molecule has 7 nitrogen and oxygen atoms in total. The number of nitrogens with one attached hydrogen (secondary N) is 2. The highest BCUT2D eigenvalue weighted by Gasteiger charge is 2.26. The van der Waals surface area contributed by atoms with Crippen molar-refractivity contribution in [3.63, 3.8) is 0 Å². The number of piperidine rings is 1. The molecule has 0 spiro atoms. The summed E-state index contributed by atoms with van der Waals surface area (Å²) in [6, 6.07) is 7.51. The van der Waals surface area contributed by atoms with Crippen molar-refractivity contribution in [2.45, 2.75) is 38.6 Å². The van der Waals surface area contributed by atoms with E-state index in [1.54, 1.807) is 30.4 Å². The summed E-state index contributed by atoms with van der Waals surface area (Å²) in [5.74, 6) is 1.21. The maximum absolute atomic E-state index is 11.9. The third-order valence-electron chi connectivity index (χ3n) is 4.65. The SMILES string of the molecule is CCS(=O)(=O)N1CCC(NC(=NC)NCCCc2ccc(O)cc2)CC1.I.